The number of carbonyl (C=O) groups is 1. The van der Waals surface area contributed by atoms with E-state index in [0.717, 1.165) is 38.6 Å². The molecule has 2 unspecified atom stereocenters. The van der Waals surface area contributed by atoms with Crippen LogP contribution >= 0.6 is 0 Å². The second kappa shape index (κ2) is 8.68. The molecule has 1 saturated carbocycles. The molecule has 5 heteroatoms. The zero-order valence-corrected chi connectivity index (χ0v) is 15.2. The fourth-order valence-corrected chi connectivity index (χ4v) is 3.96. The minimum absolute atomic E-state index is 0.00604. The highest BCUT2D eigenvalue weighted by Crippen LogP contribution is 2.33. The minimum Gasteiger partial charge on any atom is -0.376 e. The second-order valence-electron chi connectivity index (χ2n) is 7.38. The van der Waals surface area contributed by atoms with Crippen LogP contribution in [-0.2, 0) is 11.2 Å². The van der Waals surface area contributed by atoms with Gasteiger partial charge >= 0.3 is 6.03 Å². The highest BCUT2D eigenvalue weighted by Gasteiger charge is 2.35. The third kappa shape index (κ3) is 4.73. The molecule has 1 aliphatic heterocycles. The minimum atomic E-state index is -0.0122. The first kappa shape index (κ1) is 18.2. The SMILES string of the molecule is CCNC(=O)N1CCCC(N)C1COC1CC(Cc2ccccc2)C1. The van der Waals surface area contributed by atoms with Crippen LogP contribution in [0.5, 0.6) is 0 Å². The van der Waals surface area contributed by atoms with Gasteiger partial charge in [0.25, 0.3) is 0 Å². The van der Waals surface area contributed by atoms with Gasteiger partial charge in [-0.15, -0.1) is 0 Å². The first-order valence-electron chi connectivity index (χ1n) is 9.63. The Morgan fingerprint density at radius 1 is 1.32 bits per heavy atom. The lowest BCUT2D eigenvalue weighted by Crippen LogP contribution is -2.59. The molecule has 2 fully saturated rings. The van der Waals surface area contributed by atoms with Gasteiger partial charge in [-0.3, -0.25) is 0 Å². The molecule has 0 radical (unpaired) electrons. The maximum atomic E-state index is 12.2. The topological polar surface area (TPSA) is 67.6 Å². The van der Waals surface area contributed by atoms with E-state index < -0.39 is 0 Å². The molecule has 2 aliphatic rings. The fraction of sp³-hybridized carbons (Fsp3) is 0.650. The van der Waals surface area contributed by atoms with Crippen LogP contribution in [0.4, 0.5) is 4.79 Å². The van der Waals surface area contributed by atoms with Crippen molar-refractivity contribution in [3.63, 3.8) is 0 Å². The monoisotopic (exact) mass is 345 g/mol. The molecular formula is C20H31N3O2. The van der Waals surface area contributed by atoms with Crippen molar-refractivity contribution in [1.82, 2.24) is 10.2 Å². The van der Waals surface area contributed by atoms with Crippen LogP contribution in [-0.4, -0.2) is 48.8 Å². The van der Waals surface area contributed by atoms with E-state index in [2.05, 4.69) is 35.6 Å². The number of hydrogen-bond donors (Lipinski definition) is 2. The van der Waals surface area contributed by atoms with Crippen LogP contribution in [0.2, 0.25) is 0 Å². The average Bonchev–Trinajstić information content (AvgIpc) is 2.58. The summed E-state index contributed by atoms with van der Waals surface area (Å²) in [5.74, 6) is 0.715. The molecule has 5 nitrogen and oxygen atoms in total. The number of likely N-dealkylation sites (tertiary alicyclic amines) is 1. The first-order valence-corrected chi connectivity index (χ1v) is 9.63. The molecule has 2 amide bonds. The highest BCUT2D eigenvalue weighted by atomic mass is 16.5. The van der Waals surface area contributed by atoms with Gasteiger partial charge in [0.15, 0.2) is 0 Å². The number of hydrogen-bond acceptors (Lipinski definition) is 3. The van der Waals surface area contributed by atoms with Crippen LogP contribution in [0.1, 0.15) is 38.2 Å². The molecule has 0 aromatic heterocycles. The van der Waals surface area contributed by atoms with Crippen molar-refractivity contribution in [2.75, 3.05) is 19.7 Å². The number of benzene rings is 1. The molecule has 3 rings (SSSR count). The van der Waals surface area contributed by atoms with Gasteiger partial charge in [-0.1, -0.05) is 30.3 Å². The third-order valence-corrected chi connectivity index (χ3v) is 5.48. The summed E-state index contributed by atoms with van der Waals surface area (Å²) in [7, 11) is 0. The Hall–Kier alpha value is -1.59. The van der Waals surface area contributed by atoms with Gasteiger partial charge in [-0.25, -0.2) is 4.79 Å². The Balaban J connectivity index is 1.43. The fourth-order valence-electron chi connectivity index (χ4n) is 3.96. The third-order valence-electron chi connectivity index (χ3n) is 5.48. The number of nitrogens with one attached hydrogen (secondary N) is 1. The molecule has 0 spiro atoms. The quantitative estimate of drug-likeness (QED) is 0.832. The number of nitrogens with zero attached hydrogens (tertiary/aromatic N) is 1. The largest absolute Gasteiger partial charge is 0.376 e. The molecular weight excluding hydrogens is 314 g/mol. The van der Waals surface area contributed by atoms with E-state index in [1.54, 1.807) is 0 Å². The smallest absolute Gasteiger partial charge is 0.317 e. The van der Waals surface area contributed by atoms with E-state index in [-0.39, 0.29) is 18.1 Å². The van der Waals surface area contributed by atoms with Crippen molar-refractivity contribution in [3.05, 3.63) is 35.9 Å². The van der Waals surface area contributed by atoms with Crippen LogP contribution in [0.25, 0.3) is 0 Å². The summed E-state index contributed by atoms with van der Waals surface area (Å²) < 4.78 is 6.11. The van der Waals surface area contributed by atoms with Gasteiger partial charge in [0.2, 0.25) is 0 Å². The van der Waals surface area contributed by atoms with Crippen molar-refractivity contribution in [2.45, 2.75) is 57.2 Å². The summed E-state index contributed by atoms with van der Waals surface area (Å²) in [6, 6.07) is 10.6. The van der Waals surface area contributed by atoms with E-state index in [1.807, 2.05) is 11.8 Å². The number of rotatable bonds is 6. The van der Waals surface area contributed by atoms with Crippen LogP contribution < -0.4 is 11.1 Å². The zero-order chi connectivity index (χ0) is 17.6. The molecule has 1 aliphatic carbocycles. The average molecular weight is 345 g/mol. The van der Waals surface area contributed by atoms with Crippen LogP contribution in [0.15, 0.2) is 30.3 Å². The number of carbonyl (C=O) groups excluding carboxylic acids is 1. The molecule has 1 aromatic rings. The summed E-state index contributed by atoms with van der Waals surface area (Å²) in [4.78, 5) is 14.1. The lowest BCUT2D eigenvalue weighted by Gasteiger charge is -2.42. The van der Waals surface area contributed by atoms with Crippen molar-refractivity contribution in [2.24, 2.45) is 11.7 Å². The number of piperidine rings is 1. The maximum Gasteiger partial charge on any atom is 0.317 e. The van der Waals surface area contributed by atoms with E-state index in [4.69, 9.17) is 10.5 Å². The number of nitrogens with two attached hydrogens (primary N) is 1. The molecule has 3 N–H and O–H groups in total. The first-order chi connectivity index (χ1) is 12.2. The summed E-state index contributed by atoms with van der Waals surface area (Å²) >= 11 is 0. The van der Waals surface area contributed by atoms with Crippen molar-refractivity contribution in [3.8, 4) is 0 Å². The normalized spacial score (nSPS) is 29.1. The highest BCUT2D eigenvalue weighted by molar-refractivity contribution is 5.74. The molecule has 1 aromatic carbocycles. The predicted molar refractivity (Wildman–Crippen MR) is 99.4 cm³/mol. The molecule has 25 heavy (non-hydrogen) atoms. The standard InChI is InChI=1S/C20H31N3O2/c1-2-22-20(24)23-10-6-9-18(21)19(23)14-25-17-12-16(13-17)11-15-7-4-3-5-8-15/h3-5,7-8,16-19H,2,6,9-14,21H2,1H3,(H,22,24). The Bertz CT molecular complexity index is 545. The molecule has 1 heterocycles. The van der Waals surface area contributed by atoms with Gasteiger partial charge in [0, 0.05) is 19.1 Å². The van der Waals surface area contributed by atoms with E-state index in [9.17, 15) is 4.79 Å². The second-order valence-corrected chi connectivity index (χ2v) is 7.38. The van der Waals surface area contributed by atoms with Crippen LogP contribution in [0.3, 0.4) is 0 Å². The number of amides is 2. The maximum absolute atomic E-state index is 12.2. The molecule has 138 valence electrons. The van der Waals surface area contributed by atoms with Crippen molar-refractivity contribution in [1.29, 1.82) is 0 Å². The Kier molecular flexibility index (Phi) is 6.32. The number of urea groups is 1. The van der Waals surface area contributed by atoms with Crippen molar-refractivity contribution < 1.29 is 9.53 Å². The van der Waals surface area contributed by atoms with E-state index in [0.29, 0.717) is 25.2 Å². The van der Waals surface area contributed by atoms with Gasteiger partial charge in [-0.2, -0.15) is 0 Å². The van der Waals surface area contributed by atoms with Gasteiger partial charge in [0.1, 0.15) is 0 Å². The summed E-state index contributed by atoms with van der Waals surface area (Å²) in [5.41, 5.74) is 7.68. The Morgan fingerprint density at radius 3 is 2.80 bits per heavy atom. The molecule has 0 bridgehead atoms. The zero-order valence-electron chi connectivity index (χ0n) is 15.2. The van der Waals surface area contributed by atoms with Gasteiger partial charge in [0.05, 0.1) is 18.8 Å². The molecule has 1 saturated heterocycles. The van der Waals surface area contributed by atoms with E-state index in [1.165, 1.54) is 5.56 Å². The molecule has 2 atom stereocenters. The lowest BCUT2D eigenvalue weighted by molar-refractivity contribution is -0.0560. The van der Waals surface area contributed by atoms with Gasteiger partial charge in [-0.05, 0) is 50.5 Å². The summed E-state index contributed by atoms with van der Waals surface area (Å²) in [5, 5.41) is 2.89. The van der Waals surface area contributed by atoms with Crippen molar-refractivity contribution >= 4 is 6.03 Å². The Labute approximate surface area is 150 Å². The summed E-state index contributed by atoms with van der Waals surface area (Å²) in [6.45, 7) is 3.91. The number of ether oxygens (including phenoxy) is 1. The summed E-state index contributed by atoms with van der Waals surface area (Å²) in [6.07, 6.45) is 5.60. The van der Waals surface area contributed by atoms with Gasteiger partial charge < -0.3 is 20.7 Å². The lowest BCUT2D eigenvalue weighted by atomic mass is 9.78. The van der Waals surface area contributed by atoms with E-state index >= 15 is 0 Å². The van der Waals surface area contributed by atoms with Crippen LogP contribution in [0, 0.1) is 5.92 Å². The predicted octanol–water partition coefficient (Wildman–Crippen LogP) is 2.55. The Morgan fingerprint density at radius 2 is 2.08 bits per heavy atom.